The fourth-order valence-electron chi connectivity index (χ4n) is 0.923. The van der Waals surface area contributed by atoms with E-state index < -0.39 is 6.04 Å². The molecule has 1 unspecified atom stereocenters. The molecule has 0 saturated carbocycles. The van der Waals surface area contributed by atoms with E-state index in [0.29, 0.717) is 13.2 Å². The SMILES string of the molecule is CCCNC(=O)CNC(C)C(=O)OCC. The van der Waals surface area contributed by atoms with E-state index in [1.54, 1.807) is 13.8 Å². The number of carbonyl (C=O) groups is 2. The second-order valence-electron chi connectivity index (χ2n) is 3.20. The lowest BCUT2D eigenvalue weighted by Gasteiger charge is -2.12. The minimum atomic E-state index is -0.447. The molecular formula is C10H20N2O3. The Morgan fingerprint density at radius 1 is 1.33 bits per heavy atom. The topological polar surface area (TPSA) is 67.4 Å². The van der Waals surface area contributed by atoms with Crippen molar-refractivity contribution < 1.29 is 14.3 Å². The highest BCUT2D eigenvalue weighted by molar-refractivity contribution is 5.80. The summed E-state index contributed by atoms with van der Waals surface area (Å²) >= 11 is 0. The second-order valence-corrected chi connectivity index (χ2v) is 3.20. The van der Waals surface area contributed by atoms with E-state index in [2.05, 4.69) is 10.6 Å². The molecule has 0 radical (unpaired) electrons. The van der Waals surface area contributed by atoms with Gasteiger partial charge in [0.2, 0.25) is 5.91 Å². The van der Waals surface area contributed by atoms with E-state index in [0.717, 1.165) is 6.42 Å². The van der Waals surface area contributed by atoms with Crippen molar-refractivity contribution in [3.63, 3.8) is 0 Å². The van der Waals surface area contributed by atoms with Gasteiger partial charge in [0.1, 0.15) is 6.04 Å². The molecule has 0 bridgehead atoms. The van der Waals surface area contributed by atoms with Crippen molar-refractivity contribution in [2.45, 2.75) is 33.2 Å². The molecule has 0 rings (SSSR count). The van der Waals surface area contributed by atoms with Gasteiger partial charge in [-0.3, -0.25) is 14.9 Å². The molecule has 1 amide bonds. The van der Waals surface area contributed by atoms with Crippen LogP contribution in [-0.2, 0) is 14.3 Å². The molecule has 1 atom stereocenters. The summed E-state index contributed by atoms with van der Waals surface area (Å²) in [5.74, 6) is -0.436. The van der Waals surface area contributed by atoms with Crippen LogP contribution in [0.2, 0.25) is 0 Å². The minimum absolute atomic E-state index is 0.104. The predicted octanol–water partition coefficient (Wildman–Crippen LogP) is 0.0538. The van der Waals surface area contributed by atoms with Crippen molar-refractivity contribution in [1.82, 2.24) is 10.6 Å². The largest absolute Gasteiger partial charge is 0.465 e. The summed E-state index contributed by atoms with van der Waals surface area (Å²) in [5.41, 5.74) is 0. The molecule has 2 N–H and O–H groups in total. The number of rotatable bonds is 7. The van der Waals surface area contributed by atoms with Crippen LogP contribution in [0.5, 0.6) is 0 Å². The Bertz CT molecular complexity index is 207. The minimum Gasteiger partial charge on any atom is -0.465 e. The number of hydrogen-bond donors (Lipinski definition) is 2. The maximum Gasteiger partial charge on any atom is 0.322 e. The van der Waals surface area contributed by atoms with Gasteiger partial charge in [-0.2, -0.15) is 0 Å². The van der Waals surface area contributed by atoms with Gasteiger partial charge >= 0.3 is 5.97 Å². The summed E-state index contributed by atoms with van der Waals surface area (Å²) in [4.78, 5) is 22.3. The summed E-state index contributed by atoms with van der Waals surface area (Å²) in [6.45, 7) is 6.56. The standard InChI is InChI=1S/C10H20N2O3/c1-4-6-11-9(13)7-12-8(3)10(14)15-5-2/h8,12H,4-7H2,1-3H3,(H,11,13). The van der Waals surface area contributed by atoms with Gasteiger partial charge in [-0.15, -0.1) is 0 Å². The third-order valence-electron chi connectivity index (χ3n) is 1.78. The summed E-state index contributed by atoms with van der Waals surface area (Å²) < 4.78 is 4.78. The number of carbonyl (C=O) groups excluding carboxylic acids is 2. The third kappa shape index (κ3) is 6.90. The van der Waals surface area contributed by atoms with Crippen LogP contribution < -0.4 is 10.6 Å². The summed E-state index contributed by atoms with van der Waals surface area (Å²) in [6.07, 6.45) is 0.902. The first kappa shape index (κ1) is 13.9. The molecule has 0 spiro atoms. The van der Waals surface area contributed by atoms with Crippen molar-refractivity contribution in [2.24, 2.45) is 0 Å². The van der Waals surface area contributed by atoms with Gasteiger partial charge in [0.05, 0.1) is 13.2 Å². The zero-order valence-corrected chi connectivity index (χ0v) is 9.63. The Hall–Kier alpha value is -1.10. The Balaban J connectivity index is 3.65. The van der Waals surface area contributed by atoms with Crippen molar-refractivity contribution in [3.8, 4) is 0 Å². The molecule has 88 valence electrons. The monoisotopic (exact) mass is 216 g/mol. The quantitative estimate of drug-likeness (QED) is 0.590. The smallest absolute Gasteiger partial charge is 0.322 e. The van der Waals surface area contributed by atoms with Gasteiger partial charge in [-0.05, 0) is 20.3 Å². The lowest BCUT2D eigenvalue weighted by atomic mass is 10.3. The van der Waals surface area contributed by atoms with Gasteiger partial charge in [0, 0.05) is 6.54 Å². The molecule has 0 heterocycles. The molecule has 0 aromatic heterocycles. The van der Waals surface area contributed by atoms with Crippen molar-refractivity contribution in [1.29, 1.82) is 0 Å². The van der Waals surface area contributed by atoms with Crippen LogP contribution in [-0.4, -0.2) is 37.6 Å². The van der Waals surface area contributed by atoms with Crippen LogP contribution in [0.3, 0.4) is 0 Å². The summed E-state index contributed by atoms with van der Waals surface area (Å²) in [7, 11) is 0. The lowest BCUT2D eigenvalue weighted by Crippen LogP contribution is -2.42. The fourth-order valence-corrected chi connectivity index (χ4v) is 0.923. The highest BCUT2D eigenvalue weighted by atomic mass is 16.5. The molecule has 0 aromatic carbocycles. The van der Waals surface area contributed by atoms with Gasteiger partial charge in [-0.25, -0.2) is 0 Å². The molecule has 15 heavy (non-hydrogen) atoms. The average Bonchev–Trinajstić information content (AvgIpc) is 2.23. The van der Waals surface area contributed by atoms with Gasteiger partial charge in [0.15, 0.2) is 0 Å². The molecule has 0 aliphatic rings. The van der Waals surface area contributed by atoms with E-state index in [1.807, 2.05) is 6.92 Å². The maximum absolute atomic E-state index is 11.2. The maximum atomic E-state index is 11.2. The van der Waals surface area contributed by atoms with Gasteiger partial charge in [0.25, 0.3) is 0 Å². The van der Waals surface area contributed by atoms with Crippen LogP contribution >= 0.6 is 0 Å². The molecule has 0 fully saturated rings. The van der Waals surface area contributed by atoms with E-state index in [4.69, 9.17) is 4.74 Å². The number of nitrogens with one attached hydrogen (secondary N) is 2. The first-order chi connectivity index (χ1) is 7.11. The van der Waals surface area contributed by atoms with Crippen LogP contribution in [0, 0.1) is 0 Å². The lowest BCUT2D eigenvalue weighted by molar-refractivity contribution is -0.145. The van der Waals surface area contributed by atoms with E-state index in [-0.39, 0.29) is 18.4 Å². The van der Waals surface area contributed by atoms with Crippen molar-refractivity contribution in [2.75, 3.05) is 19.7 Å². The molecule has 5 heteroatoms. The zero-order chi connectivity index (χ0) is 11.7. The van der Waals surface area contributed by atoms with E-state index >= 15 is 0 Å². The number of amides is 1. The number of hydrogen-bond acceptors (Lipinski definition) is 4. The van der Waals surface area contributed by atoms with E-state index in [1.165, 1.54) is 0 Å². The summed E-state index contributed by atoms with van der Waals surface area (Å²) in [5, 5.41) is 5.49. The highest BCUT2D eigenvalue weighted by Crippen LogP contribution is 1.86. The first-order valence-corrected chi connectivity index (χ1v) is 5.28. The van der Waals surface area contributed by atoms with Crippen LogP contribution in [0.1, 0.15) is 27.2 Å². The summed E-state index contributed by atoms with van der Waals surface area (Å²) in [6, 6.07) is -0.447. The molecular weight excluding hydrogens is 196 g/mol. The molecule has 5 nitrogen and oxygen atoms in total. The molecule has 0 saturated heterocycles. The highest BCUT2D eigenvalue weighted by Gasteiger charge is 2.13. The third-order valence-corrected chi connectivity index (χ3v) is 1.78. The Morgan fingerprint density at radius 3 is 2.53 bits per heavy atom. The first-order valence-electron chi connectivity index (χ1n) is 5.28. The Morgan fingerprint density at radius 2 is 2.00 bits per heavy atom. The number of ether oxygens (including phenoxy) is 1. The molecule has 0 aliphatic carbocycles. The predicted molar refractivity (Wildman–Crippen MR) is 57.4 cm³/mol. The Kier molecular flexibility index (Phi) is 7.62. The normalized spacial score (nSPS) is 11.9. The number of esters is 1. The van der Waals surface area contributed by atoms with Crippen LogP contribution in [0.4, 0.5) is 0 Å². The fraction of sp³-hybridized carbons (Fsp3) is 0.800. The van der Waals surface area contributed by atoms with Crippen LogP contribution in [0.25, 0.3) is 0 Å². The molecule has 0 aromatic rings. The van der Waals surface area contributed by atoms with Crippen molar-refractivity contribution >= 4 is 11.9 Å². The van der Waals surface area contributed by atoms with Gasteiger partial charge < -0.3 is 10.1 Å². The van der Waals surface area contributed by atoms with Crippen molar-refractivity contribution in [3.05, 3.63) is 0 Å². The molecule has 0 aliphatic heterocycles. The van der Waals surface area contributed by atoms with Gasteiger partial charge in [-0.1, -0.05) is 6.92 Å². The Labute approximate surface area is 90.6 Å². The van der Waals surface area contributed by atoms with Crippen LogP contribution in [0.15, 0.2) is 0 Å². The second kappa shape index (κ2) is 8.23. The zero-order valence-electron chi connectivity index (χ0n) is 9.63. The average molecular weight is 216 g/mol. The van der Waals surface area contributed by atoms with E-state index in [9.17, 15) is 9.59 Å².